The number of aryl methyl sites for hydroxylation is 1. The number of amides is 1. The van der Waals surface area contributed by atoms with Gasteiger partial charge in [0.2, 0.25) is 0 Å². The van der Waals surface area contributed by atoms with Crippen molar-refractivity contribution in [2.24, 2.45) is 4.99 Å². The van der Waals surface area contributed by atoms with Crippen LogP contribution in [-0.4, -0.2) is 55.1 Å². The fraction of sp³-hybridized carbons (Fsp3) is 0.360. The molecule has 6 nitrogen and oxygen atoms in total. The molecular weight excluding hydrogens is 513 g/mol. The minimum atomic E-state index is 0. The highest BCUT2D eigenvalue weighted by Gasteiger charge is 2.08. The second kappa shape index (κ2) is 13.1. The Morgan fingerprint density at radius 1 is 1.06 bits per heavy atom. The maximum atomic E-state index is 12.1. The number of guanidine groups is 1. The van der Waals surface area contributed by atoms with Gasteiger partial charge in [0.1, 0.15) is 0 Å². The van der Waals surface area contributed by atoms with Gasteiger partial charge in [0, 0.05) is 57.6 Å². The lowest BCUT2D eigenvalue weighted by Gasteiger charge is -2.13. The fourth-order valence-electron chi connectivity index (χ4n) is 3.55. The fourth-order valence-corrected chi connectivity index (χ4v) is 3.55. The molecule has 32 heavy (non-hydrogen) atoms. The van der Waals surface area contributed by atoms with E-state index in [4.69, 9.17) is 4.99 Å². The molecule has 0 fully saturated rings. The molecule has 0 unspecified atom stereocenters. The monoisotopic (exact) mass is 547 g/mol. The molecule has 7 heteroatoms. The van der Waals surface area contributed by atoms with E-state index in [0.29, 0.717) is 0 Å². The van der Waals surface area contributed by atoms with Crippen molar-refractivity contribution < 1.29 is 4.79 Å². The molecule has 3 rings (SSSR count). The van der Waals surface area contributed by atoms with E-state index in [1.807, 2.05) is 18.2 Å². The minimum Gasteiger partial charge on any atom is -0.357 e. The first kappa shape index (κ1) is 25.7. The normalized spacial score (nSPS) is 11.2. The highest BCUT2D eigenvalue weighted by Crippen LogP contribution is 2.15. The van der Waals surface area contributed by atoms with E-state index in [0.717, 1.165) is 56.1 Å². The second-order valence-electron chi connectivity index (χ2n) is 7.76. The lowest BCUT2D eigenvalue weighted by atomic mass is 10.1. The Balaban J connectivity index is 0.00000363. The molecule has 0 saturated heterocycles. The highest BCUT2D eigenvalue weighted by molar-refractivity contribution is 14.0. The number of nitrogens with zero attached hydrogens (tertiary/aromatic N) is 3. The largest absolute Gasteiger partial charge is 0.357 e. The van der Waals surface area contributed by atoms with Gasteiger partial charge in [0.05, 0.1) is 0 Å². The summed E-state index contributed by atoms with van der Waals surface area (Å²) in [6.45, 7) is 5.35. The molecule has 0 saturated carbocycles. The van der Waals surface area contributed by atoms with Crippen LogP contribution in [0.5, 0.6) is 0 Å². The highest BCUT2D eigenvalue weighted by atomic mass is 127. The topological polar surface area (TPSA) is 61.7 Å². The van der Waals surface area contributed by atoms with Gasteiger partial charge in [-0.3, -0.25) is 9.79 Å². The van der Waals surface area contributed by atoms with Crippen LogP contribution in [0.25, 0.3) is 10.9 Å². The number of para-hydroxylation sites is 1. The Kier molecular flexibility index (Phi) is 10.5. The van der Waals surface area contributed by atoms with Gasteiger partial charge in [-0.05, 0) is 55.0 Å². The van der Waals surface area contributed by atoms with E-state index < -0.39 is 0 Å². The van der Waals surface area contributed by atoms with Crippen molar-refractivity contribution in [1.29, 1.82) is 0 Å². The third-order valence-corrected chi connectivity index (χ3v) is 5.14. The number of hydrogen-bond donors (Lipinski definition) is 2. The smallest absolute Gasteiger partial charge is 0.253 e. The average Bonchev–Trinajstić information content (AvgIpc) is 3.19. The quantitative estimate of drug-likeness (QED) is 0.183. The van der Waals surface area contributed by atoms with Crippen molar-refractivity contribution in [3.05, 3.63) is 71.9 Å². The maximum absolute atomic E-state index is 12.1. The summed E-state index contributed by atoms with van der Waals surface area (Å²) in [6, 6.07) is 18.4. The molecule has 0 aliphatic rings. The molecule has 3 aromatic rings. The number of benzene rings is 2. The molecule has 2 N–H and O–H groups in total. The molecule has 0 atom stereocenters. The van der Waals surface area contributed by atoms with E-state index in [1.54, 1.807) is 19.0 Å². The number of aliphatic imine (C=N–C) groups is 1. The van der Waals surface area contributed by atoms with Crippen molar-refractivity contribution in [1.82, 2.24) is 20.1 Å². The summed E-state index contributed by atoms with van der Waals surface area (Å²) >= 11 is 0. The SMILES string of the molecule is CCNC(=NCCCn1ccc2ccccc21)NCCc1cccc(C(=O)N(C)C)c1.I. The summed E-state index contributed by atoms with van der Waals surface area (Å²) < 4.78 is 2.28. The van der Waals surface area contributed by atoms with Crippen LogP contribution in [-0.2, 0) is 13.0 Å². The number of carbonyl (C=O) groups is 1. The number of halogens is 1. The van der Waals surface area contributed by atoms with Crippen LogP contribution in [0.2, 0.25) is 0 Å². The zero-order valence-corrected chi connectivity index (χ0v) is 21.5. The lowest BCUT2D eigenvalue weighted by molar-refractivity contribution is 0.0827. The van der Waals surface area contributed by atoms with Crippen molar-refractivity contribution in [2.45, 2.75) is 26.3 Å². The molecule has 2 aromatic carbocycles. The second-order valence-corrected chi connectivity index (χ2v) is 7.76. The van der Waals surface area contributed by atoms with Crippen LogP contribution in [0.1, 0.15) is 29.3 Å². The summed E-state index contributed by atoms with van der Waals surface area (Å²) in [6.07, 6.45) is 3.95. The van der Waals surface area contributed by atoms with Crippen molar-refractivity contribution in [3.8, 4) is 0 Å². The lowest BCUT2D eigenvalue weighted by Crippen LogP contribution is -2.38. The zero-order valence-electron chi connectivity index (χ0n) is 19.2. The first-order chi connectivity index (χ1) is 15.1. The molecular formula is C25H34IN5O. The number of rotatable bonds is 9. The van der Waals surface area contributed by atoms with Crippen LogP contribution in [0.3, 0.4) is 0 Å². The van der Waals surface area contributed by atoms with Crippen LogP contribution >= 0.6 is 24.0 Å². The van der Waals surface area contributed by atoms with Crippen LogP contribution in [0.15, 0.2) is 65.8 Å². The van der Waals surface area contributed by atoms with Crippen LogP contribution in [0, 0.1) is 0 Å². The van der Waals surface area contributed by atoms with E-state index in [1.165, 1.54) is 10.9 Å². The predicted molar refractivity (Wildman–Crippen MR) is 144 cm³/mol. The summed E-state index contributed by atoms with van der Waals surface area (Å²) in [5.41, 5.74) is 3.13. The summed E-state index contributed by atoms with van der Waals surface area (Å²) in [5.74, 6) is 0.862. The summed E-state index contributed by atoms with van der Waals surface area (Å²) in [7, 11) is 3.54. The van der Waals surface area contributed by atoms with Gasteiger partial charge in [-0.2, -0.15) is 0 Å². The number of nitrogens with one attached hydrogen (secondary N) is 2. The molecule has 0 radical (unpaired) electrons. The van der Waals surface area contributed by atoms with Gasteiger partial charge < -0.3 is 20.1 Å². The van der Waals surface area contributed by atoms with E-state index in [9.17, 15) is 4.79 Å². The first-order valence-corrected chi connectivity index (χ1v) is 10.9. The molecule has 1 amide bonds. The Hall–Kier alpha value is -2.55. The molecule has 0 spiro atoms. The molecule has 172 valence electrons. The molecule has 1 heterocycles. The van der Waals surface area contributed by atoms with Gasteiger partial charge in [-0.25, -0.2) is 0 Å². The third-order valence-electron chi connectivity index (χ3n) is 5.14. The van der Waals surface area contributed by atoms with Crippen LogP contribution in [0.4, 0.5) is 0 Å². The van der Waals surface area contributed by atoms with E-state index in [-0.39, 0.29) is 29.9 Å². The molecule has 0 aliphatic heterocycles. The van der Waals surface area contributed by atoms with Crippen molar-refractivity contribution in [3.63, 3.8) is 0 Å². The van der Waals surface area contributed by atoms with Gasteiger partial charge in [0.25, 0.3) is 5.91 Å². The number of hydrogen-bond acceptors (Lipinski definition) is 2. The van der Waals surface area contributed by atoms with Gasteiger partial charge in [0.15, 0.2) is 5.96 Å². The Morgan fingerprint density at radius 3 is 2.66 bits per heavy atom. The average molecular weight is 547 g/mol. The summed E-state index contributed by atoms with van der Waals surface area (Å²) in [4.78, 5) is 18.5. The Bertz CT molecular complexity index is 1030. The Morgan fingerprint density at radius 2 is 1.88 bits per heavy atom. The van der Waals surface area contributed by atoms with E-state index >= 15 is 0 Å². The molecule has 1 aromatic heterocycles. The summed E-state index contributed by atoms with van der Waals surface area (Å²) in [5, 5.41) is 7.98. The molecule has 0 bridgehead atoms. The zero-order chi connectivity index (χ0) is 22.1. The Labute approximate surface area is 208 Å². The number of fused-ring (bicyclic) bond motifs is 1. The molecule has 0 aliphatic carbocycles. The minimum absolute atomic E-state index is 0. The standard InChI is InChI=1S/C25H33N5O.HI/c1-4-26-25(27-15-8-17-30-18-14-21-10-5-6-12-23(21)30)28-16-13-20-9-7-11-22(19-20)24(31)29(2)3;/h5-7,9-12,14,18-19H,4,8,13,15-17H2,1-3H3,(H2,26,27,28);1H. The van der Waals surface area contributed by atoms with E-state index in [2.05, 4.69) is 64.7 Å². The van der Waals surface area contributed by atoms with Gasteiger partial charge in [-0.15, -0.1) is 24.0 Å². The van der Waals surface area contributed by atoms with Crippen molar-refractivity contribution in [2.75, 3.05) is 33.7 Å². The number of aromatic nitrogens is 1. The van der Waals surface area contributed by atoms with Crippen LogP contribution < -0.4 is 10.6 Å². The third kappa shape index (κ3) is 7.25. The maximum Gasteiger partial charge on any atom is 0.253 e. The van der Waals surface area contributed by atoms with Gasteiger partial charge in [-0.1, -0.05) is 30.3 Å². The predicted octanol–water partition coefficient (Wildman–Crippen LogP) is 4.15. The van der Waals surface area contributed by atoms with Gasteiger partial charge >= 0.3 is 0 Å². The first-order valence-electron chi connectivity index (χ1n) is 10.9. The number of carbonyl (C=O) groups excluding carboxylic acids is 1. The van der Waals surface area contributed by atoms with Crippen molar-refractivity contribution >= 4 is 46.7 Å².